The van der Waals surface area contributed by atoms with Gasteiger partial charge < -0.3 is 9.47 Å². The third-order valence-electron chi connectivity index (χ3n) is 4.28. The molecule has 4 nitrogen and oxygen atoms in total. The summed E-state index contributed by atoms with van der Waals surface area (Å²) in [6.45, 7) is 1.52. The Morgan fingerprint density at radius 1 is 1.17 bits per heavy atom. The van der Waals surface area contributed by atoms with Crippen LogP contribution in [0.25, 0.3) is 6.08 Å². The summed E-state index contributed by atoms with van der Waals surface area (Å²) in [5, 5.41) is 1.93. The molecule has 0 radical (unpaired) electrons. The molecule has 3 aromatic rings. The summed E-state index contributed by atoms with van der Waals surface area (Å²) >= 11 is 1.53. The van der Waals surface area contributed by atoms with Crippen LogP contribution in [0.5, 0.6) is 0 Å². The van der Waals surface area contributed by atoms with Crippen LogP contribution in [0, 0.1) is 0 Å². The van der Waals surface area contributed by atoms with E-state index in [1.54, 1.807) is 17.7 Å². The number of aromatic nitrogens is 2. The van der Waals surface area contributed by atoms with Gasteiger partial charge in [-0.25, -0.2) is 4.98 Å². The first-order chi connectivity index (χ1) is 11.8. The summed E-state index contributed by atoms with van der Waals surface area (Å²) in [6.07, 6.45) is 5.50. The predicted molar refractivity (Wildman–Crippen MR) is 95.6 cm³/mol. The Labute approximate surface area is 144 Å². The van der Waals surface area contributed by atoms with Gasteiger partial charge in [0, 0.05) is 36.4 Å². The van der Waals surface area contributed by atoms with Crippen molar-refractivity contribution in [3.05, 3.63) is 82.6 Å². The summed E-state index contributed by atoms with van der Waals surface area (Å²) < 4.78 is 2.23. The standard InChI is InChI=1S/C19H17N3OS/c23-18(9-8-16-13-24-14-20-16)22-12-11-21-10-4-7-17(21)19(22)15-5-2-1-3-6-15/h1-10,13-14,19H,11-12H2/b9-8+. The molecule has 0 N–H and O–H groups in total. The lowest BCUT2D eigenvalue weighted by Crippen LogP contribution is -2.41. The van der Waals surface area contributed by atoms with Crippen LogP contribution in [0.4, 0.5) is 0 Å². The second-order valence-corrected chi connectivity index (χ2v) is 6.44. The van der Waals surface area contributed by atoms with Crippen LogP contribution in [0.3, 0.4) is 0 Å². The van der Waals surface area contributed by atoms with Crippen LogP contribution in [-0.4, -0.2) is 26.9 Å². The van der Waals surface area contributed by atoms with E-state index in [2.05, 4.69) is 33.9 Å². The zero-order valence-corrected chi connectivity index (χ0v) is 13.9. The smallest absolute Gasteiger partial charge is 0.247 e. The van der Waals surface area contributed by atoms with Gasteiger partial charge in [-0.15, -0.1) is 11.3 Å². The van der Waals surface area contributed by atoms with E-state index < -0.39 is 0 Å². The first-order valence-electron chi connectivity index (χ1n) is 7.90. The second kappa shape index (κ2) is 6.45. The van der Waals surface area contributed by atoms with Crippen molar-refractivity contribution in [3.63, 3.8) is 0 Å². The number of carbonyl (C=O) groups is 1. The van der Waals surface area contributed by atoms with Crippen molar-refractivity contribution in [3.8, 4) is 0 Å². The van der Waals surface area contributed by atoms with E-state index >= 15 is 0 Å². The molecule has 4 rings (SSSR count). The molecule has 1 atom stereocenters. The minimum absolute atomic E-state index is 0.0179. The highest BCUT2D eigenvalue weighted by Gasteiger charge is 2.30. The van der Waals surface area contributed by atoms with E-state index in [1.165, 1.54) is 11.3 Å². The number of rotatable bonds is 3. The summed E-state index contributed by atoms with van der Waals surface area (Å²) in [5.41, 5.74) is 4.88. The Balaban J connectivity index is 1.67. The van der Waals surface area contributed by atoms with Gasteiger partial charge in [0.1, 0.15) is 0 Å². The summed E-state index contributed by atoms with van der Waals surface area (Å²) in [6, 6.07) is 14.3. The topological polar surface area (TPSA) is 38.1 Å². The number of benzene rings is 1. The highest BCUT2D eigenvalue weighted by molar-refractivity contribution is 7.07. The van der Waals surface area contributed by atoms with Crippen molar-refractivity contribution in [1.29, 1.82) is 0 Å². The van der Waals surface area contributed by atoms with Crippen LogP contribution >= 0.6 is 11.3 Å². The van der Waals surface area contributed by atoms with Crippen LogP contribution in [0.1, 0.15) is 23.0 Å². The third-order valence-corrected chi connectivity index (χ3v) is 4.89. The van der Waals surface area contributed by atoms with E-state index in [9.17, 15) is 4.79 Å². The molecule has 1 aromatic carbocycles. The van der Waals surface area contributed by atoms with Gasteiger partial charge in [-0.05, 0) is 23.8 Å². The summed E-state index contributed by atoms with van der Waals surface area (Å²) in [7, 11) is 0. The van der Waals surface area contributed by atoms with Gasteiger partial charge in [-0.3, -0.25) is 4.79 Å². The molecule has 5 heteroatoms. The van der Waals surface area contributed by atoms with Crippen molar-refractivity contribution >= 4 is 23.3 Å². The van der Waals surface area contributed by atoms with E-state index in [4.69, 9.17) is 0 Å². The number of hydrogen-bond donors (Lipinski definition) is 0. The first kappa shape index (κ1) is 14.9. The molecule has 1 amide bonds. The molecular weight excluding hydrogens is 318 g/mol. The SMILES string of the molecule is O=C(/C=C/c1cscn1)N1CCn2cccc2C1c1ccccc1. The monoisotopic (exact) mass is 335 g/mol. The molecule has 2 aromatic heterocycles. The number of thiazole rings is 1. The third kappa shape index (κ3) is 2.78. The normalized spacial score (nSPS) is 17.2. The predicted octanol–water partition coefficient (Wildman–Crippen LogP) is 3.59. The molecule has 0 aliphatic carbocycles. The molecule has 0 spiro atoms. The highest BCUT2D eigenvalue weighted by atomic mass is 32.1. The van der Waals surface area contributed by atoms with E-state index in [1.807, 2.05) is 34.5 Å². The van der Waals surface area contributed by atoms with Crippen LogP contribution in [-0.2, 0) is 11.3 Å². The van der Waals surface area contributed by atoms with Gasteiger partial charge in [-0.2, -0.15) is 0 Å². The molecule has 0 fully saturated rings. The van der Waals surface area contributed by atoms with Gasteiger partial charge in [0.15, 0.2) is 0 Å². The average Bonchev–Trinajstić information content (AvgIpc) is 3.30. The molecule has 24 heavy (non-hydrogen) atoms. The number of fused-ring (bicyclic) bond motifs is 1. The molecule has 1 unspecified atom stereocenters. The second-order valence-electron chi connectivity index (χ2n) is 5.72. The van der Waals surface area contributed by atoms with Crippen molar-refractivity contribution in [2.75, 3.05) is 6.54 Å². The minimum Gasteiger partial charge on any atom is -0.348 e. The van der Waals surface area contributed by atoms with Gasteiger partial charge >= 0.3 is 0 Å². The van der Waals surface area contributed by atoms with Crippen molar-refractivity contribution in [1.82, 2.24) is 14.5 Å². The van der Waals surface area contributed by atoms with E-state index in [0.717, 1.165) is 23.5 Å². The number of hydrogen-bond acceptors (Lipinski definition) is 3. The zero-order valence-electron chi connectivity index (χ0n) is 13.1. The first-order valence-corrected chi connectivity index (χ1v) is 8.84. The lowest BCUT2D eigenvalue weighted by Gasteiger charge is -2.36. The Morgan fingerprint density at radius 3 is 2.83 bits per heavy atom. The van der Waals surface area contributed by atoms with Crippen LogP contribution in [0.15, 0.2) is 65.6 Å². The number of amides is 1. The molecule has 1 aliphatic heterocycles. The Hall–Kier alpha value is -2.66. The molecule has 0 saturated carbocycles. The largest absolute Gasteiger partial charge is 0.348 e. The van der Waals surface area contributed by atoms with Gasteiger partial charge in [0.05, 0.1) is 17.2 Å². The fourth-order valence-corrected chi connectivity index (χ4v) is 3.69. The maximum absolute atomic E-state index is 12.8. The molecule has 120 valence electrons. The molecule has 0 saturated heterocycles. The number of carbonyl (C=O) groups excluding carboxylic acids is 1. The lowest BCUT2D eigenvalue weighted by molar-refractivity contribution is -0.128. The summed E-state index contributed by atoms with van der Waals surface area (Å²) in [5.74, 6) is 0.0179. The molecule has 1 aliphatic rings. The minimum atomic E-state index is -0.0532. The van der Waals surface area contributed by atoms with Crippen molar-refractivity contribution < 1.29 is 4.79 Å². The molecule has 0 bridgehead atoms. The fourth-order valence-electron chi connectivity index (χ4n) is 3.16. The van der Waals surface area contributed by atoms with E-state index in [0.29, 0.717) is 6.54 Å². The maximum Gasteiger partial charge on any atom is 0.247 e. The van der Waals surface area contributed by atoms with Crippen molar-refractivity contribution in [2.45, 2.75) is 12.6 Å². The Morgan fingerprint density at radius 2 is 2.04 bits per heavy atom. The van der Waals surface area contributed by atoms with Crippen LogP contribution in [0.2, 0.25) is 0 Å². The zero-order chi connectivity index (χ0) is 16.4. The quantitative estimate of drug-likeness (QED) is 0.686. The fraction of sp³-hybridized carbons (Fsp3) is 0.158. The summed E-state index contributed by atoms with van der Waals surface area (Å²) in [4.78, 5) is 18.9. The molecule has 3 heterocycles. The van der Waals surface area contributed by atoms with Crippen molar-refractivity contribution in [2.24, 2.45) is 0 Å². The van der Waals surface area contributed by atoms with Crippen LogP contribution < -0.4 is 0 Å². The lowest BCUT2D eigenvalue weighted by atomic mass is 10.00. The maximum atomic E-state index is 12.8. The Bertz CT molecular complexity index is 852. The van der Waals surface area contributed by atoms with Gasteiger partial charge in [0.25, 0.3) is 0 Å². The van der Waals surface area contributed by atoms with E-state index in [-0.39, 0.29) is 11.9 Å². The average molecular weight is 335 g/mol. The van der Waals surface area contributed by atoms with Gasteiger partial charge in [0.2, 0.25) is 5.91 Å². The van der Waals surface area contributed by atoms with Gasteiger partial charge in [-0.1, -0.05) is 30.3 Å². The highest BCUT2D eigenvalue weighted by Crippen LogP contribution is 2.32. The number of nitrogens with zero attached hydrogens (tertiary/aromatic N) is 3. The molecular formula is C19H17N3OS. The Kier molecular flexibility index (Phi) is 4.01.